The number of rotatable bonds is 7. The molecule has 2 saturated carbocycles. The Balaban J connectivity index is 0.000000396. The average Bonchev–Trinajstić information content (AvgIpc) is 2.68. The van der Waals surface area contributed by atoms with Crippen molar-refractivity contribution in [3.63, 3.8) is 0 Å². The number of hydrogen-bond donors (Lipinski definition) is 2. The third kappa shape index (κ3) is 10.7. The topological polar surface area (TPSA) is 127 Å². The van der Waals surface area contributed by atoms with Gasteiger partial charge in [0, 0.05) is 12.2 Å². The number of carbonyl (C=O) groups is 4. The summed E-state index contributed by atoms with van der Waals surface area (Å²) in [7, 11) is 0. The van der Waals surface area contributed by atoms with Crippen molar-refractivity contribution in [2.45, 2.75) is 89.8 Å². The van der Waals surface area contributed by atoms with Gasteiger partial charge in [0.2, 0.25) is 0 Å². The molecule has 164 valence electrons. The molecule has 2 aliphatic rings. The lowest BCUT2D eigenvalue weighted by Crippen LogP contribution is -2.21. The van der Waals surface area contributed by atoms with Crippen LogP contribution in [0.3, 0.4) is 0 Å². The minimum Gasteiger partial charge on any atom is -0.481 e. The normalized spacial score (nSPS) is 18.0. The van der Waals surface area contributed by atoms with Crippen LogP contribution in [-0.2, 0) is 28.7 Å². The van der Waals surface area contributed by atoms with Crippen LogP contribution in [0.2, 0.25) is 0 Å². The number of hydrogen-bond acceptors (Lipinski definition) is 6. The van der Waals surface area contributed by atoms with Gasteiger partial charge in [0.25, 0.3) is 0 Å². The Kier molecular flexibility index (Phi) is 11.7. The first-order valence-corrected chi connectivity index (χ1v) is 10.4. The van der Waals surface area contributed by atoms with Gasteiger partial charge in [-0.05, 0) is 57.8 Å². The molecular formula is C21H32O8. The highest BCUT2D eigenvalue weighted by molar-refractivity contribution is 5.92. The Morgan fingerprint density at radius 1 is 0.759 bits per heavy atom. The number of aliphatic carboxylic acids is 2. The van der Waals surface area contributed by atoms with Crippen molar-refractivity contribution >= 4 is 23.9 Å². The molecule has 0 aliphatic heterocycles. The zero-order valence-corrected chi connectivity index (χ0v) is 17.0. The van der Waals surface area contributed by atoms with Gasteiger partial charge < -0.3 is 19.7 Å². The molecule has 29 heavy (non-hydrogen) atoms. The number of carbonyl (C=O) groups excluding carboxylic acids is 2. The van der Waals surface area contributed by atoms with Crippen LogP contribution in [0, 0.1) is 5.92 Å². The molecule has 0 aromatic rings. The van der Waals surface area contributed by atoms with E-state index < -0.39 is 29.8 Å². The molecule has 0 spiro atoms. The maximum absolute atomic E-state index is 11.6. The van der Waals surface area contributed by atoms with E-state index in [9.17, 15) is 19.2 Å². The molecule has 2 fully saturated rings. The molecule has 2 N–H and O–H groups in total. The molecule has 0 amide bonds. The smallest absolute Gasteiger partial charge is 0.331 e. The maximum atomic E-state index is 11.6. The van der Waals surface area contributed by atoms with Crippen LogP contribution < -0.4 is 0 Å². The van der Waals surface area contributed by atoms with Crippen LogP contribution in [0.5, 0.6) is 0 Å². The summed E-state index contributed by atoms with van der Waals surface area (Å²) in [5, 5.41) is 16.3. The summed E-state index contributed by atoms with van der Waals surface area (Å²) in [5.74, 6) is -4.66. The van der Waals surface area contributed by atoms with Crippen molar-refractivity contribution in [3.8, 4) is 0 Å². The first-order valence-electron chi connectivity index (χ1n) is 10.4. The second-order valence-corrected chi connectivity index (χ2v) is 7.36. The molecule has 0 unspecified atom stereocenters. The summed E-state index contributed by atoms with van der Waals surface area (Å²) < 4.78 is 10.6. The van der Waals surface area contributed by atoms with Gasteiger partial charge in [-0.1, -0.05) is 19.8 Å². The van der Waals surface area contributed by atoms with E-state index in [2.05, 4.69) is 0 Å². The van der Waals surface area contributed by atoms with Crippen molar-refractivity contribution in [1.82, 2.24) is 0 Å². The van der Waals surface area contributed by atoms with Crippen LogP contribution in [0.4, 0.5) is 0 Å². The molecular weight excluding hydrogens is 380 g/mol. The van der Waals surface area contributed by atoms with E-state index in [1.54, 1.807) is 0 Å². The van der Waals surface area contributed by atoms with Crippen molar-refractivity contribution in [2.75, 3.05) is 0 Å². The Morgan fingerprint density at radius 3 is 1.34 bits per heavy atom. The highest BCUT2D eigenvalue weighted by Gasteiger charge is 2.22. The SMILES string of the molecule is CCC(C(=O)O)C(=O)O.O=C(/C=C\C(=O)OC1CCCCC1)OC1CCCCC1. The molecule has 0 radical (unpaired) electrons. The van der Waals surface area contributed by atoms with Crippen LogP contribution in [-0.4, -0.2) is 46.3 Å². The summed E-state index contributed by atoms with van der Waals surface area (Å²) in [6.45, 7) is 1.52. The van der Waals surface area contributed by atoms with E-state index in [1.807, 2.05) is 0 Å². The summed E-state index contributed by atoms with van der Waals surface area (Å²) in [5.41, 5.74) is 0. The van der Waals surface area contributed by atoms with E-state index in [1.165, 1.54) is 31.9 Å². The molecule has 0 atom stereocenters. The Labute approximate surface area is 171 Å². The van der Waals surface area contributed by atoms with Gasteiger partial charge in [-0.25, -0.2) is 9.59 Å². The molecule has 0 saturated heterocycles. The summed E-state index contributed by atoms with van der Waals surface area (Å²) in [6, 6.07) is 0. The fourth-order valence-electron chi connectivity index (χ4n) is 3.36. The number of esters is 2. The van der Waals surface area contributed by atoms with Gasteiger partial charge in [0.05, 0.1) is 0 Å². The summed E-state index contributed by atoms with van der Waals surface area (Å²) in [6.07, 6.45) is 13.2. The zero-order valence-electron chi connectivity index (χ0n) is 17.0. The minimum atomic E-state index is -1.27. The fraction of sp³-hybridized carbons (Fsp3) is 0.714. The number of carboxylic acid groups (broad SMARTS) is 2. The summed E-state index contributed by atoms with van der Waals surface area (Å²) in [4.78, 5) is 43.2. The lowest BCUT2D eigenvalue weighted by Gasteiger charge is -2.21. The first kappa shape index (κ1) is 24.7. The van der Waals surface area contributed by atoms with Crippen molar-refractivity contribution < 1.29 is 38.9 Å². The van der Waals surface area contributed by atoms with Crippen molar-refractivity contribution in [3.05, 3.63) is 12.2 Å². The van der Waals surface area contributed by atoms with Crippen LogP contribution in [0.25, 0.3) is 0 Å². The van der Waals surface area contributed by atoms with E-state index >= 15 is 0 Å². The molecule has 2 rings (SSSR count). The van der Waals surface area contributed by atoms with Gasteiger partial charge in [-0.15, -0.1) is 0 Å². The number of carboxylic acids is 2. The second-order valence-electron chi connectivity index (χ2n) is 7.36. The predicted octanol–water partition coefficient (Wildman–Crippen LogP) is 3.48. The third-order valence-corrected chi connectivity index (χ3v) is 5.03. The lowest BCUT2D eigenvalue weighted by atomic mass is 9.98. The Bertz CT molecular complexity index is 523. The highest BCUT2D eigenvalue weighted by atomic mass is 16.5. The maximum Gasteiger partial charge on any atom is 0.331 e. The number of ether oxygens (including phenoxy) is 2. The van der Waals surface area contributed by atoms with Gasteiger partial charge in [0.15, 0.2) is 5.92 Å². The standard InChI is InChI=1S/C16H24O4.C5H8O4/c17-15(19-13-7-3-1-4-8-13)11-12-16(18)20-14-9-5-2-6-10-14;1-2-3(4(6)7)5(8)9/h11-14H,1-10H2;3H,2H2,1H3,(H,6,7)(H,8,9)/b12-11-;. The first-order chi connectivity index (χ1) is 13.8. The molecule has 0 heterocycles. The Morgan fingerprint density at radius 2 is 1.10 bits per heavy atom. The molecule has 0 aromatic heterocycles. The predicted molar refractivity (Wildman–Crippen MR) is 104 cm³/mol. The van der Waals surface area contributed by atoms with Gasteiger partial charge in [-0.3, -0.25) is 9.59 Å². The third-order valence-electron chi connectivity index (χ3n) is 5.03. The van der Waals surface area contributed by atoms with Gasteiger partial charge in [-0.2, -0.15) is 0 Å². The monoisotopic (exact) mass is 412 g/mol. The minimum absolute atomic E-state index is 0.0234. The highest BCUT2D eigenvalue weighted by Crippen LogP contribution is 2.21. The zero-order chi connectivity index (χ0) is 21.6. The van der Waals surface area contributed by atoms with Crippen molar-refractivity contribution in [2.24, 2.45) is 5.92 Å². The molecule has 8 heteroatoms. The van der Waals surface area contributed by atoms with Gasteiger partial charge in [0.1, 0.15) is 12.2 Å². The van der Waals surface area contributed by atoms with Crippen LogP contribution >= 0.6 is 0 Å². The van der Waals surface area contributed by atoms with E-state index in [0.717, 1.165) is 51.4 Å². The largest absolute Gasteiger partial charge is 0.481 e. The lowest BCUT2D eigenvalue weighted by molar-refractivity contribution is -0.154. The van der Waals surface area contributed by atoms with Crippen LogP contribution in [0.15, 0.2) is 12.2 Å². The van der Waals surface area contributed by atoms with E-state index in [0.29, 0.717) is 0 Å². The van der Waals surface area contributed by atoms with E-state index in [4.69, 9.17) is 19.7 Å². The second kappa shape index (κ2) is 13.7. The molecule has 8 nitrogen and oxygen atoms in total. The molecule has 0 bridgehead atoms. The van der Waals surface area contributed by atoms with Gasteiger partial charge >= 0.3 is 23.9 Å². The fourth-order valence-corrected chi connectivity index (χ4v) is 3.36. The molecule has 0 aromatic carbocycles. The average molecular weight is 412 g/mol. The molecule has 2 aliphatic carbocycles. The van der Waals surface area contributed by atoms with E-state index in [-0.39, 0.29) is 18.6 Å². The van der Waals surface area contributed by atoms with Crippen molar-refractivity contribution in [1.29, 1.82) is 0 Å². The van der Waals surface area contributed by atoms with Crippen LogP contribution in [0.1, 0.15) is 77.6 Å². The summed E-state index contributed by atoms with van der Waals surface area (Å²) >= 11 is 0. The Hall–Kier alpha value is -2.38. The quantitative estimate of drug-likeness (QED) is 0.370.